The highest BCUT2D eigenvalue weighted by Gasteiger charge is 2.34. The van der Waals surface area contributed by atoms with Gasteiger partial charge in [0.25, 0.3) is 0 Å². The van der Waals surface area contributed by atoms with Crippen LogP contribution in [0.15, 0.2) is 48.8 Å². The Morgan fingerprint density at radius 3 is 3.06 bits per heavy atom. The molecule has 1 aliphatic rings. The molecule has 3 rings (SSSR count). The molecule has 90 valence electrons. The van der Waals surface area contributed by atoms with E-state index in [1.807, 2.05) is 18.2 Å². The van der Waals surface area contributed by atoms with Gasteiger partial charge in [-0.3, -0.25) is 9.78 Å². The number of pyridine rings is 1. The molecule has 1 atom stereocenters. The molecule has 0 radical (unpaired) electrons. The highest BCUT2D eigenvalue weighted by molar-refractivity contribution is 6.39. The fourth-order valence-corrected chi connectivity index (χ4v) is 2.34. The number of carbonyl (C=O) groups is 1. The molecule has 1 aliphatic carbocycles. The summed E-state index contributed by atoms with van der Waals surface area (Å²) < 4.78 is 0. The number of Topliss-reactive ketones (excluding diaryl/α,β-unsaturated/α-hetero) is 1. The number of aromatic amines is 1. The molecule has 0 saturated carbocycles. The van der Waals surface area contributed by atoms with Gasteiger partial charge in [0, 0.05) is 23.3 Å². The Bertz CT molecular complexity index is 638. The van der Waals surface area contributed by atoms with Crippen LogP contribution in [0.25, 0.3) is 10.9 Å². The first-order chi connectivity index (χ1) is 8.69. The second-order valence-corrected chi connectivity index (χ2v) is 5.00. The zero-order chi connectivity index (χ0) is 12.6. The van der Waals surface area contributed by atoms with Crippen molar-refractivity contribution >= 4 is 28.3 Å². The molecule has 2 aromatic heterocycles. The number of hydrogen-bond donors (Lipinski definition) is 1. The van der Waals surface area contributed by atoms with Gasteiger partial charge in [-0.15, -0.1) is 11.6 Å². The summed E-state index contributed by atoms with van der Waals surface area (Å²) in [5, 5.41) is 0.913. The number of halogens is 1. The van der Waals surface area contributed by atoms with Crippen LogP contribution in [0, 0.1) is 0 Å². The molecular weight excluding hydrogens is 248 g/mol. The minimum atomic E-state index is -0.969. The van der Waals surface area contributed by atoms with E-state index < -0.39 is 4.87 Å². The molecule has 0 saturated heterocycles. The van der Waals surface area contributed by atoms with Crippen molar-refractivity contribution in [2.75, 3.05) is 0 Å². The summed E-state index contributed by atoms with van der Waals surface area (Å²) in [6.07, 6.45) is 11.3. The highest BCUT2D eigenvalue weighted by Crippen LogP contribution is 2.30. The summed E-state index contributed by atoms with van der Waals surface area (Å²) in [6, 6.07) is 3.63. The van der Waals surface area contributed by atoms with E-state index in [4.69, 9.17) is 11.6 Å². The van der Waals surface area contributed by atoms with E-state index in [-0.39, 0.29) is 5.78 Å². The molecule has 0 spiro atoms. The molecule has 3 nitrogen and oxygen atoms in total. The van der Waals surface area contributed by atoms with Gasteiger partial charge in [0.1, 0.15) is 4.87 Å². The van der Waals surface area contributed by atoms with E-state index in [9.17, 15) is 4.79 Å². The minimum absolute atomic E-state index is 0.110. The molecule has 1 unspecified atom stereocenters. The van der Waals surface area contributed by atoms with Crippen molar-refractivity contribution in [3.63, 3.8) is 0 Å². The number of hydrogen-bond acceptors (Lipinski definition) is 2. The normalized spacial score (nSPS) is 22.5. The summed E-state index contributed by atoms with van der Waals surface area (Å²) >= 11 is 6.36. The van der Waals surface area contributed by atoms with Crippen LogP contribution in [0.4, 0.5) is 0 Å². The zero-order valence-electron chi connectivity index (χ0n) is 9.56. The van der Waals surface area contributed by atoms with Gasteiger partial charge >= 0.3 is 0 Å². The summed E-state index contributed by atoms with van der Waals surface area (Å²) in [7, 11) is 0. The van der Waals surface area contributed by atoms with Crippen molar-refractivity contribution in [3.8, 4) is 0 Å². The lowest BCUT2D eigenvalue weighted by molar-refractivity contribution is 0.0955. The van der Waals surface area contributed by atoms with Crippen molar-refractivity contribution in [2.24, 2.45) is 0 Å². The highest BCUT2D eigenvalue weighted by atomic mass is 35.5. The monoisotopic (exact) mass is 258 g/mol. The zero-order valence-corrected chi connectivity index (χ0v) is 10.3. The maximum atomic E-state index is 12.4. The van der Waals surface area contributed by atoms with Gasteiger partial charge in [-0.05, 0) is 18.6 Å². The summed E-state index contributed by atoms with van der Waals surface area (Å²) in [4.78, 5) is 18.6. The number of ketones is 1. The molecule has 1 N–H and O–H groups in total. The maximum Gasteiger partial charge on any atom is 0.204 e. The molecule has 2 aromatic rings. The number of fused-ring (bicyclic) bond motifs is 1. The number of nitrogens with zero attached hydrogens (tertiary/aromatic N) is 1. The van der Waals surface area contributed by atoms with E-state index in [0.717, 1.165) is 10.9 Å². The Morgan fingerprint density at radius 2 is 2.33 bits per heavy atom. The van der Waals surface area contributed by atoms with Gasteiger partial charge in [0.15, 0.2) is 0 Å². The van der Waals surface area contributed by atoms with Crippen LogP contribution in [0.5, 0.6) is 0 Å². The Morgan fingerprint density at radius 1 is 1.44 bits per heavy atom. The first-order valence-corrected chi connectivity index (χ1v) is 6.08. The Hall–Kier alpha value is -1.87. The number of carbonyl (C=O) groups excluding carboxylic acids is 1. The van der Waals surface area contributed by atoms with Crippen molar-refractivity contribution in [1.82, 2.24) is 9.97 Å². The van der Waals surface area contributed by atoms with E-state index in [2.05, 4.69) is 9.97 Å². The van der Waals surface area contributed by atoms with Crippen LogP contribution >= 0.6 is 11.6 Å². The molecule has 0 fully saturated rings. The SMILES string of the molecule is O=C(c1cc2cnccc2[nH]1)C1(Cl)C=CC=CC1. The number of H-pyrrole nitrogens is 1. The van der Waals surface area contributed by atoms with Crippen LogP contribution in [-0.4, -0.2) is 20.6 Å². The van der Waals surface area contributed by atoms with Gasteiger partial charge in [-0.2, -0.15) is 0 Å². The third-order valence-corrected chi connectivity index (χ3v) is 3.52. The van der Waals surface area contributed by atoms with E-state index in [1.54, 1.807) is 30.6 Å². The second-order valence-electron chi connectivity index (χ2n) is 4.33. The van der Waals surface area contributed by atoms with Gasteiger partial charge < -0.3 is 4.98 Å². The van der Waals surface area contributed by atoms with E-state index in [1.165, 1.54) is 0 Å². The molecular formula is C14H11ClN2O. The summed E-state index contributed by atoms with van der Waals surface area (Å²) in [5.41, 5.74) is 1.41. The van der Waals surface area contributed by atoms with Gasteiger partial charge in [-0.25, -0.2) is 0 Å². The number of aromatic nitrogens is 2. The standard InChI is InChI=1S/C14H11ClN2O/c15-14(5-2-1-3-6-14)13(18)12-8-10-9-16-7-4-11(10)17-12/h1-5,7-9,17H,6H2. The van der Waals surface area contributed by atoms with E-state index in [0.29, 0.717) is 12.1 Å². The number of alkyl halides is 1. The Kier molecular flexibility index (Phi) is 2.56. The third kappa shape index (κ3) is 1.77. The van der Waals surface area contributed by atoms with Crippen LogP contribution < -0.4 is 0 Å². The predicted octanol–water partition coefficient (Wildman–Crippen LogP) is 3.24. The predicted molar refractivity (Wildman–Crippen MR) is 71.9 cm³/mol. The molecule has 18 heavy (non-hydrogen) atoms. The van der Waals surface area contributed by atoms with Crippen molar-refractivity contribution in [1.29, 1.82) is 0 Å². The fraction of sp³-hybridized carbons (Fsp3) is 0.143. The van der Waals surface area contributed by atoms with Gasteiger partial charge in [0.05, 0.1) is 5.69 Å². The van der Waals surface area contributed by atoms with Crippen LogP contribution in [0.1, 0.15) is 16.9 Å². The summed E-state index contributed by atoms with van der Waals surface area (Å²) in [6.45, 7) is 0. The first-order valence-electron chi connectivity index (χ1n) is 5.70. The average Bonchev–Trinajstić information content (AvgIpc) is 2.82. The first kappa shape index (κ1) is 11.2. The lowest BCUT2D eigenvalue weighted by Gasteiger charge is -2.21. The topological polar surface area (TPSA) is 45.8 Å². The van der Waals surface area contributed by atoms with Gasteiger partial charge in [0.2, 0.25) is 5.78 Å². The lowest BCUT2D eigenvalue weighted by Crippen LogP contribution is -2.31. The quantitative estimate of drug-likeness (QED) is 0.664. The third-order valence-electron chi connectivity index (χ3n) is 3.07. The Labute approximate surface area is 109 Å². The second kappa shape index (κ2) is 4.10. The largest absolute Gasteiger partial charge is 0.352 e. The van der Waals surface area contributed by atoms with Gasteiger partial charge in [-0.1, -0.05) is 24.3 Å². The number of nitrogens with one attached hydrogen (secondary N) is 1. The van der Waals surface area contributed by atoms with Crippen molar-refractivity contribution in [3.05, 3.63) is 54.5 Å². The van der Waals surface area contributed by atoms with Crippen molar-refractivity contribution in [2.45, 2.75) is 11.3 Å². The molecule has 0 amide bonds. The van der Waals surface area contributed by atoms with E-state index >= 15 is 0 Å². The smallest absolute Gasteiger partial charge is 0.204 e. The summed E-state index contributed by atoms with van der Waals surface area (Å²) in [5.74, 6) is -0.110. The van der Waals surface area contributed by atoms with Crippen LogP contribution in [-0.2, 0) is 0 Å². The number of rotatable bonds is 2. The average molecular weight is 259 g/mol. The van der Waals surface area contributed by atoms with Crippen LogP contribution in [0.2, 0.25) is 0 Å². The Balaban J connectivity index is 2.01. The molecule has 0 aliphatic heterocycles. The number of allylic oxidation sites excluding steroid dienone is 4. The lowest BCUT2D eigenvalue weighted by atomic mass is 9.93. The minimum Gasteiger partial charge on any atom is -0.352 e. The molecule has 0 aromatic carbocycles. The van der Waals surface area contributed by atoms with Crippen molar-refractivity contribution < 1.29 is 4.79 Å². The molecule has 2 heterocycles. The fourth-order valence-electron chi connectivity index (χ4n) is 2.08. The molecule has 0 bridgehead atoms. The van der Waals surface area contributed by atoms with Crippen LogP contribution in [0.3, 0.4) is 0 Å². The maximum absolute atomic E-state index is 12.4. The molecule has 4 heteroatoms.